The van der Waals surface area contributed by atoms with Crippen LogP contribution in [0.25, 0.3) is 0 Å². The Hall–Kier alpha value is -2.06. The second kappa shape index (κ2) is 6.68. The molecule has 0 saturated carbocycles. The normalized spacial score (nSPS) is 17.1. The van der Waals surface area contributed by atoms with Gasteiger partial charge in [-0.2, -0.15) is 0 Å². The number of nitrogens with one attached hydrogen (secondary N) is 1. The Bertz CT molecular complexity index is 931. The zero-order valence-electron chi connectivity index (χ0n) is 13.7. The van der Waals surface area contributed by atoms with Crippen molar-refractivity contribution in [3.05, 3.63) is 48.3 Å². The zero-order chi connectivity index (χ0) is 18.2. The first-order valence-electron chi connectivity index (χ1n) is 7.63. The Morgan fingerprint density at radius 2 is 2.04 bits per heavy atom. The van der Waals surface area contributed by atoms with E-state index in [4.69, 9.17) is 0 Å². The minimum atomic E-state index is -3.89. The van der Waals surface area contributed by atoms with E-state index >= 15 is 0 Å². The van der Waals surface area contributed by atoms with Crippen LogP contribution < -0.4 is 9.62 Å². The standard InChI is InChI=1S/C17H17FN2O3S2/c1-11-10-20(12(2)21)16-9-15(6-7-17(16)24-11)25(22,23)19-14-5-3-4-13(18)8-14/h3-9,11,19H,10H2,1-2H3. The van der Waals surface area contributed by atoms with Gasteiger partial charge in [-0.15, -0.1) is 11.8 Å². The summed E-state index contributed by atoms with van der Waals surface area (Å²) in [6.45, 7) is 3.99. The van der Waals surface area contributed by atoms with Gasteiger partial charge in [0.25, 0.3) is 10.0 Å². The SMILES string of the molecule is CC(=O)N1CC(C)Sc2ccc(S(=O)(=O)Nc3cccc(F)c3)cc21. The lowest BCUT2D eigenvalue weighted by molar-refractivity contribution is -0.116. The van der Waals surface area contributed by atoms with Crippen molar-refractivity contribution in [3.63, 3.8) is 0 Å². The Labute approximate surface area is 150 Å². The van der Waals surface area contributed by atoms with Crippen LogP contribution in [-0.4, -0.2) is 26.1 Å². The van der Waals surface area contributed by atoms with Crippen LogP contribution in [0, 0.1) is 5.82 Å². The minimum Gasteiger partial charge on any atom is -0.310 e. The molecule has 1 aliphatic heterocycles. The lowest BCUT2D eigenvalue weighted by atomic mass is 10.2. The van der Waals surface area contributed by atoms with Crippen LogP contribution in [0.5, 0.6) is 0 Å². The highest BCUT2D eigenvalue weighted by atomic mass is 32.2. The first kappa shape index (κ1) is 17.8. The number of fused-ring (bicyclic) bond motifs is 1. The fraction of sp³-hybridized carbons (Fsp3) is 0.235. The number of rotatable bonds is 3. The van der Waals surface area contributed by atoms with Crippen molar-refractivity contribution in [3.8, 4) is 0 Å². The first-order chi connectivity index (χ1) is 11.8. The van der Waals surface area contributed by atoms with E-state index in [9.17, 15) is 17.6 Å². The molecular weight excluding hydrogens is 363 g/mol. The van der Waals surface area contributed by atoms with Gasteiger partial charge in [0.2, 0.25) is 5.91 Å². The van der Waals surface area contributed by atoms with Gasteiger partial charge in [-0.05, 0) is 36.4 Å². The first-order valence-corrected chi connectivity index (χ1v) is 10.00. The summed E-state index contributed by atoms with van der Waals surface area (Å²) in [6, 6.07) is 9.91. The molecule has 5 nitrogen and oxygen atoms in total. The predicted octanol–water partition coefficient (Wildman–Crippen LogP) is 3.47. The van der Waals surface area contributed by atoms with Gasteiger partial charge in [0.1, 0.15) is 5.82 Å². The Morgan fingerprint density at radius 3 is 2.72 bits per heavy atom. The van der Waals surface area contributed by atoms with Crippen molar-refractivity contribution >= 4 is 39.1 Å². The zero-order valence-corrected chi connectivity index (χ0v) is 15.3. The van der Waals surface area contributed by atoms with Gasteiger partial charge in [-0.3, -0.25) is 9.52 Å². The van der Waals surface area contributed by atoms with Crippen molar-refractivity contribution in [2.75, 3.05) is 16.2 Å². The van der Waals surface area contributed by atoms with E-state index in [0.717, 1.165) is 11.0 Å². The number of hydrogen-bond donors (Lipinski definition) is 1. The van der Waals surface area contributed by atoms with Crippen molar-refractivity contribution in [2.45, 2.75) is 28.9 Å². The number of carbonyl (C=O) groups excluding carboxylic acids is 1. The van der Waals surface area contributed by atoms with E-state index in [2.05, 4.69) is 4.72 Å². The van der Waals surface area contributed by atoms with E-state index in [0.29, 0.717) is 12.2 Å². The summed E-state index contributed by atoms with van der Waals surface area (Å²) in [4.78, 5) is 14.4. The number of sulfonamides is 1. The molecule has 0 spiro atoms. The number of nitrogens with zero attached hydrogens (tertiary/aromatic N) is 1. The van der Waals surface area contributed by atoms with Gasteiger partial charge < -0.3 is 4.90 Å². The molecule has 3 rings (SSSR count). The molecule has 0 saturated heterocycles. The third-order valence-electron chi connectivity index (χ3n) is 3.76. The number of thioether (sulfide) groups is 1. The van der Waals surface area contributed by atoms with Crippen molar-refractivity contribution < 1.29 is 17.6 Å². The molecule has 1 atom stereocenters. The fourth-order valence-corrected chi connectivity index (χ4v) is 4.81. The van der Waals surface area contributed by atoms with Crippen LogP contribution >= 0.6 is 11.8 Å². The maximum atomic E-state index is 13.3. The summed E-state index contributed by atoms with van der Waals surface area (Å²) >= 11 is 1.60. The van der Waals surface area contributed by atoms with Crippen molar-refractivity contribution in [1.82, 2.24) is 0 Å². The molecule has 0 bridgehead atoms. The van der Waals surface area contributed by atoms with Gasteiger partial charge >= 0.3 is 0 Å². The van der Waals surface area contributed by atoms with Crippen molar-refractivity contribution in [2.24, 2.45) is 0 Å². The number of amides is 1. The third kappa shape index (κ3) is 3.80. The minimum absolute atomic E-state index is 0.0249. The molecule has 0 aromatic heterocycles. The number of anilines is 2. The molecule has 0 fully saturated rings. The highest BCUT2D eigenvalue weighted by Gasteiger charge is 2.27. The summed E-state index contributed by atoms with van der Waals surface area (Å²) in [5, 5.41) is 0.226. The molecule has 2 aromatic carbocycles. The van der Waals surface area contributed by atoms with E-state index in [1.54, 1.807) is 22.7 Å². The van der Waals surface area contributed by atoms with E-state index < -0.39 is 15.8 Å². The average Bonchev–Trinajstić information content (AvgIpc) is 2.53. The second-order valence-corrected chi connectivity index (χ2v) is 8.97. The molecule has 0 radical (unpaired) electrons. The molecular formula is C17H17FN2O3S2. The molecule has 1 aliphatic rings. The molecule has 8 heteroatoms. The van der Waals surface area contributed by atoms with Crippen LogP contribution in [0.4, 0.5) is 15.8 Å². The van der Waals surface area contributed by atoms with Gasteiger partial charge in [0.15, 0.2) is 0 Å². The number of benzene rings is 2. The van der Waals surface area contributed by atoms with E-state index in [-0.39, 0.29) is 21.7 Å². The Kier molecular flexibility index (Phi) is 4.75. The highest BCUT2D eigenvalue weighted by Crippen LogP contribution is 2.39. The lowest BCUT2D eigenvalue weighted by Crippen LogP contribution is -2.37. The van der Waals surface area contributed by atoms with Crippen LogP contribution in [-0.2, 0) is 14.8 Å². The molecule has 25 heavy (non-hydrogen) atoms. The smallest absolute Gasteiger partial charge is 0.261 e. The summed E-state index contributed by atoms with van der Waals surface area (Å²) in [5.41, 5.74) is 0.724. The third-order valence-corrected chi connectivity index (χ3v) is 6.29. The Morgan fingerprint density at radius 1 is 1.28 bits per heavy atom. The molecule has 1 unspecified atom stereocenters. The molecule has 1 N–H and O–H groups in total. The molecule has 0 aliphatic carbocycles. The number of hydrogen-bond acceptors (Lipinski definition) is 4. The molecule has 2 aromatic rings. The summed E-state index contributed by atoms with van der Waals surface area (Å²) in [6.07, 6.45) is 0. The van der Waals surface area contributed by atoms with Crippen molar-refractivity contribution in [1.29, 1.82) is 0 Å². The van der Waals surface area contributed by atoms with Crippen LogP contribution in [0.15, 0.2) is 52.3 Å². The molecule has 1 amide bonds. The summed E-state index contributed by atoms with van der Waals surface area (Å²) < 4.78 is 40.8. The van der Waals surface area contributed by atoms with E-state index in [1.807, 2.05) is 6.92 Å². The second-order valence-electron chi connectivity index (χ2n) is 5.80. The van der Waals surface area contributed by atoms with Gasteiger partial charge in [-0.1, -0.05) is 13.0 Å². The summed E-state index contributed by atoms with van der Waals surface area (Å²) in [7, 11) is -3.89. The lowest BCUT2D eigenvalue weighted by Gasteiger charge is -2.32. The maximum absolute atomic E-state index is 13.3. The quantitative estimate of drug-likeness (QED) is 0.885. The molecule has 132 valence electrons. The summed E-state index contributed by atoms with van der Waals surface area (Å²) in [5.74, 6) is -0.667. The highest BCUT2D eigenvalue weighted by molar-refractivity contribution is 8.00. The van der Waals surface area contributed by atoms with Crippen LogP contribution in [0.2, 0.25) is 0 Å². The van der Waals surface area contributed by atoms with Gasteiger partial charge in [0.05, 0.1) is 16.3 Å². The number of halogens is 1. The Balaban J connectivity index is 1.98. The topological polar surface area (TPSA) is 66.5 Å². The largest absolute Gasteiger partial charge is 0.310 e. The monoisotopic (exact) mass is 380 g/mol. The van der Waals surface area contributed by atoms with Crippen LogP contribution in [0.3, 0.4) is 0 Å². The van der Waals surface area contributed by atoms with E-state index in [1.165, 1.54) is 37.3 Å². The predicted molar refractivity (Wildman–Crippen MR) is 97.0 cm³/mol. The number of carbonyl (C=O) groups is 1. The maximum Gasteiger partial charge on any atom is 0.261 e. The average molecular weight is 380 g/mol. The van der Waals surface area contributed by atoms with Crippen LogP contribution in [0.1, 0.15) is 13.8 Å². The van der Waals surface area contributed by atoms with Gasteiger partial charge in [0, 0.05) is 23.6 Å². The fourth-order valence-electron chi connectivity index (χ4n) is 2.65. The molecule has 1 heterocycles. The van der Waals surface area contributed by atoms with Gasteiger partial charge in [-0.25, -0.2) is 12.8 Å².